The lowest BCUT2D eigenvalue weighted by Crippen LogP contribution is -2.25. The molecule has 0 amide bonds. The van der Waals surface area contributed by atoms with Crippen molar-refractivity contribution in [1.29, 1.82) is 0 Å². The predicted molar refractivity (Wildman–Crippen MR) is 94.8 cm³/mol. The van der Waals surface area contributed by atoms with Crippen LogP contribution in [-0.4, -0.2) is 15.9 Å². The molecule has 0 saturated carbocycles. The van der Waals surface area contributed by atoms with Gasteiger partial charge in [0.15, 0.2) is 11.5 Å². The number of anilines is 1. The van der Waals surface area contributed by atoms with Gasteiger partial charge in [-0.25, -0.2) is 0 Å². The molecule has 3 aromatic rings. The van der Waals surface area contributed by atoms with E-state index >= 15 is 0 Å². The van der Waals surface area contributed by atoms with Gasteiger partial charge in [0.1, 0.15) is 0 Å². The summed E-state index contributed by atoms with van der Waals surface area (Å²) in [7, 11) is 0. The van der Waals surface area contributed by atoms with Crippen LogP contribution in [0.1, 0.15) is 16.1 Å². The Hall–Kier alpha value is -2.74. The minimum atomic E-state index is -3.61. The molecule has 0 saturated heterocycles. The Bertz CT molecular complexity index is 958. The van der Waals surface area contributed by atoms with Crippen LogP contribution in [0.25, 0.3) is 11.1 Å². The Morgan fingerprint density at radius 2 is 1.77 bits per heavy atom. The van der Waals surface area contributed by atoms with Crippen LogP contribution in [0, 0.1) is 13.8 Å². The molecule has 0 radical (unpaired) electrons. The molecule has 0 aliphatic carbocycles. The average Bonchev–Trinajstić information content (AvgIpc) is 3.13. The van der Waals surface area contributed by atoms with E-state index in [1.807, 2.05) is 38.1 Å². The molecule has 0 fully saturated rings. The van der Waals surface area contributed by atoms with Crippen LogP contribution in [0.15, 0.2) is 36.4 Å². The summed E-state index contributed by atoms with van der Waals surface area (Å²) in [6, 6.07) is 10.9. The average molecular weight is 375 g/mol. The van der Waals surface area contributed by atoms with Crippen LogP contribution in [0.2, 0.25) is 0 Å². The summed E-state index contributed by atoms with van der Waals surface area (Å²) >= 11 is 1.37. The predicted octanol–water partition coefficient (Wildman–Crippen LogP) is 4.76. The third-order valence-electron chi connectivity index (χ3n) is 4.14. The molecule has 4 rings (SSSR count). The fourth-order valence-corrected chi connectivity index (χ4v) is 3.34. The maximum absolute atomic E-state index is 13.2. The van der Waals surface area contributed by atoms with Crippen LogP contribution in [0.5, 0.6) is 11.5 Å². The Morgan fingerprint density at radius 1 is 1.08 bits per heavy atom. The van der Waals surface area contributed by atoms with Gasteiger partial charge in [0.05, 0.1) is 17.1 Å². The second kappa shape index (κ2) is 6.21. The number of alkyl halides is 2. The molecule has 5 nitrogen and oxygen atoms in total. The van der Waals surface area contributed by atoms with E-state index in [0.717, 1.165) is 32.9 Å². The molecule has 0 bridgehead atoms. The van der Waals surface area contributed by atoms with Crippen molar-refractivity contribution in [2.75, 3.05) is 5.32 Å². The highest BCUT2D eigenvalue weighted by Crippen LogP contribution is 2.44. The SMILES string of the molecule is Cc1cc2c(cc1-c1ccc(NCc3snnc3C)cc1)OC(F)(F)O2. The Morgan fingerprint density at radius 3 is 2.42 bits per heavy atom. The summed E-state index contributed by atoms with van der Waals surface area (Å²) in [6.45, 7) is 4.43. The van der Waals surface area contributed by atoms with E-state index in [4.69, 9.17) is 0 Å². The lowest BCUT2D eigenvalue weighted by Gasteiger charge is -2.10. The summed E-state index contributed by atoms with van der Waals surface area (Å²) in [5.74, 6) is 0.106. The number of hydrogen-bond acceptors (Lipinski definition) is 6. The van der Waals surface area contributed by atoms with Gasteiger partial charge in [-0.3, -0.25) is 0 Å². The van der Waals surface area contributed by atoms with Crippen molar-refractivity contribution in [2.24, 2.45) is 0 Å². The normalized spacial score (nSPS) is 14.5. The van der Waals surface area contributed by atoms with E-state index in [1.54, 1.807) is 12.1 Å². The van der Waals surface area contributed by atoms with Crippen molar-refractivity contribution in [3.05, 3.63) is 52.5 Å². The summed E-state index contributed by atoms with van der Waals surface area (Å²) in [6.07, 6.45) is -3.61. The highest BCUT2D eigenvalue weighted by Gasteiger charge is 2.43. The molecule has 1 aromatic heterocycles. The van der Waals surface area contributed by atoms with Gasteiger partial charge in [-0.1, -0.05) is 16.6 Å². The first-order valence-electron chi connectivity index (χ1n) is 7.94. The van der Waals surface area contributed by atoms with Crippen molar-refractivity contribution in [2.45, 2.75) is 26.7 Å². The highest BCUT2D eigenvalue weighted by atomic mass is 32.1. The quantitative estimate of drug-likeness (QED) is 0.713. The summed E-state index contributed by atoms with van der Waals surface area (Å²) in [4.78, 5) is 1.08. The number of halogens is 2. The van der Waals surface area contributed by atoms with Crippen LogP contribution >= 0.6 is 11.5 Å². The van der Waals surface area contributed by atoms with Gasteiger partial charge >= 0.3 is 6.29 Å². The summed E-state index contributed by atoms with van der Waals surface area (Å²) in [5.41, 5.74) is 4.43. The molecular formula is C18H15F2N3O2S. The van der Waals surface area contributed by atoms with Gasteiger partial charge in [0.2, 0.25) is 0 Å². The topological polar surface area (TPSA) is 56.3 Å². The minimum absolute atomic E-state index is 0.0472. The molecule has 1 aliphatic rings. The zero-order chi connectivity index (χ0) is 18.3. The fourth-order valence-electron chi connectivity index (χ4n) is 2.77. The minimum Gasteiger partial charge on any atom is -0.395 e. The Balaban J connectivity index is 1.53. The van der Waals surface area contributed by atoms with Crippen molar-refractivity contribution in [1.82, 2.24) is 9.59 Å². The number of hydrogen-bond donors (Lipinski definition) is 1. The number of ether oxygens (including phenoxy) is 2. The van der Waals surface area contributed by atoms with Crippen molar-refractivity contribution < 1.29 is 18.3 Å². The molecule has 8 heteroatoms. The second-order valence-electron chi connectivity index (χ2n) is 5.99. The fraction of sp³-hybridized carbons (Fsp3) is 0.222. The standard InChI is InChI=1S/C18H15F2N3O2S/c1-10-7-15-16(25-18(19,20)24-15)8-14(10)12-3-5-13(6-4-12)21-9-17-11(2)22-23-26-17/h3-8,21H,9H2,1-2H3. The molecule has 2 heterocycles. The van der Waals surface area contributed by atoms with Gasteiger partial charge in [-0.2, -0.15) is 0 Å². The maximum atomic E-state index is 13.2. The van der Waals surface area contributed by atoms with Crippen LogP contribution in [-0.2, 0) is 6.54 Å². The molecule has 26 heavy (non-hydrogen) atoms. The number of nitrogens with zero attached hydrogens (tertiary/aromatic N) is 2. The maximum Gasteiger partial charge on any atom is 0.586 e. The third kappa shape index (κ3) is 3.20. The molecule has 1 N–H and O–H groups in total. The van der Waals surface area contributed by atoms with E-state index in [9.17, 15) is 8.78 Å². The first kappa shape index (κ1) is 16.7. The zero-order valence-electron chi connectivity index (χ0n) is 14.0. The van der Waals surface area contributed by atoms with Crippen molar-refractivity contribution in [3.8, 4) is 22.6 Å². The monoisotopic (exact) mass is 375 g/mol. The molecule has 0 unspecified atom stereocenters. The molecule has 1 aliphatic heterocycles. The Kier molecular flexibility index (Phi) is 3.99. The van der Waals surface area contributed by atoms with Crippen LogP contribution in [0.4, 0.5) is 14.5 Å². The highest BCUT2D eigenvalue weighted by molar-refractivity contribution is 7.05. The number of rotatable bonds is 4. The van der Waals surface area contributed by atoms with E-state index in [2.05, 4.69) is 24.4 Å². The molecule has 0 spiro atoms. The zero-order valence-corrected chi connectivity index (χ0v) is 14.9. The molecule has 0 atom stereocenters. The number of nitrogens with one attached hydrogen (secondary N) is 1. The third-order valence-corrected chi connectivity index (χ3v) is 4.97. The number of benzene rings is 2. The summed E-state index contributed by atoms with van der Waals surface area (Å²) in [5, 5.41) is 7.30. The van der Waals surface area contributed by atoms with Gasteiger partial charge in [-0.05, 0) is 66.3 Å². The first-order chi connectivity index (χ1) is 12.4. The van der Waals surface area contributed by atoms with Crippen molar-refractivity contribution >= 4 is 17.2 Å². The molecule has 134 valence electrons. The van der Waals surface area contributed by atoms with Gasteiger partial charge in [0, 0.05) is 5.69 Å². The molecule has 2 aromatic carbocycles. The van der Waals surface area contributed by atoms with Gasteiger partial charge in [0.25, 0.3) is 0 Å². The molecular weight excluding hydrogens is 360 g/mol. The summed E-state index contributed by atoms with van der Waals surface area (Å²) < 4.78 is 39.4. The lowest BCUT2D eigenvalue weighted by atomic mass is 9.99. The van der Waals surface area contributed by atoms with Crippen LogP contribution < -0.4 is 14.8 Å². The smallest absolute Gasteiger partial charge is 0.395 e. The van der Waals surface area contributed by atoms with Gasteiger partial charge in [-0.15, -0.1) is 13.9 Å². The lowest BCUT2D eigenvalue weighted by molar-refractivity contribution is -0.286. The Labute approximate surface area is 152 Å². The van der Waals surface area contributed by atoms with Gasteiger partial charge < -0.3 is 14.8 Å². The number of fused-ring (bicyclic) bond motifs is 1. The van der Waals surface area contributed by atoms with Crippen LogP contribution in [0.3, 0.4) is 0 Å². The first-order valence-corrected chi connectivity index (χ1v) is 8.71. The van der Waals surface area contributed by atoms with E-state index in [0.29, 0.717) is 6.54 Å². The van der Waals surface area contributed by atoms with E-state index in [-0.39, 0.29) is 11.5 Å². The van der Waals surface area contributed by atoms with Crippen molar-refractivity contribution in [3.63, 3.8) is 0 Å². The van der Waals surface area contributed by atoms with E-state index in [1.165, 1.54) is 11.5 Å². The van der Waals surface area contributed by atoms with E-state index < -0.39 is 6.29 Å². The largest absolute Gasteiger partial charge is 0.586 e. The number of aromatic nitrogens is 2. The second-order valence-corrected chi connectivity index (χ2v) is 6.83. The number of aryl methyl sites for hydroxylation is 2.